The molecule has 3 heteroatoms. The van der Waals surface area contributed by atoms with Crippen molar-refractivity contribution in [3.63, 3.8) is 0 Å². The Morgan fingerprint density at radius 1 is 1.42 bits per heavy atom. The number of rotatable bonds is 0. The van der Waals surface area contributed by atoms with Crippen LogP contribution in [0.3, 0.4) is 0 Å². The summed E-state index contributed by atoms with van der Waals surface area (Å²) in [6.07, 6.45) is 0.507. The van der Waals surface area contributed by atoms with Gasteiger partial charge in [-0.25, -0.2) is 0 Å². The number of hydrogen-bond donors (Lipinski definition) is 0. The molecule has 0 radical (unpaired) electrons. The van der Waals surface area contributed by atoms with Gasteiger partial charge in [0.15, 0.2) is 5.78 Å². The Kier molecular flexibility index (Phi) is 2.04. The fourth-order valence-corrected chi connectivity index (χ4v) is 1.91. The van der Waals surface area contributed by atoms with Gasteiger partial charge in [0.1, 0.15) is 5.75 Å². The van der Waals surface area contributed by atoms with Crippen LogP contribution in [0.4, 0.5) is 0 Å². The summed E-state index contributed by atoms with van der Waals surface area (Å²) in [7, 11) is 0. The number of ketones is 1. The van der Waals surface area contributed by atoms with Crippen molar-refractivity contribution in [1.29, 1.82) is 0 Å². The summed E-state index contributed by atoms with van der Waals surface area (Å²) in [5.41, 5.74) is 0.730. The minimum atomic E-state index is 0.190. The topological polar surface area (TPSA) is 26.3 Å². The van der Waals surface area contributed by atoms with Crippen molar-refractivity contribution in [2.24, 2.45) is 0 Å². The maximum Gasteiger partial charge on any atom is 0.170 e. The first-order valence-electron chi connectivity index (χ1n) is 3.73. The van der Waals surface area contributed by atoms with Gasteiger partial charge in [0, 0.05) is 6.42 Å². The largest absolute Gasteiger partial charge is 0.491 e. The van der Waals surface area contributed by atoms with E-state index >= 15 is 0 Å². The van der Waals surface area contributed by atoms with E-state index < -0.39 is 0 Å². The summed E-state index contributed by atoms with van der Waals surface area (Å²) in [5.74, 6) is 0.948. The highest BCUT2D eigenvalue weighted by molar-refractivity contribution is 14.1. The normalized spacial score (nSPS) is 15.2. The van der Waals surface area contributed by atoms with Crippen LogP contribution in [0.1, 0.15) is 16.8 Å². The second-order valence-corrected chi connectivity index (χ2v) is 3.80. The maximum absolute atomic E-state index is 11.4. The molecule has 0 saturated carbocycles. The first-order chi connectivity index (χ1) is 5.79. The molecule has 1 aliphatic heterocycles. The molecular weight excluding hydrogens is 267 g/mol. The van der Waals surface area contributed by atoms with Crippen LogP contribution in [0.25, 0.3) is 0 Å². The van der Waals surface area contributed by atoms with E-state index in [1.54, 1.807) is 0 Å². The van der Waals surface area contributed by atoms with Crippen LogP contribution >= 0.6 is 22.6 Å². The van der Waals surface area contributed by atoms with Crippen LogP contribution in [-0.4, -0.2) is 12.4 Å². The molecule has 0 amide bonds. The number of carbonyl (C=O) groups is 1. The summed E-state index contributed by atoms with van der Waals surface area (Å²) in [6, 6.07) is 5.64. The van der Waals surface area contributed by atoms with Gasteiger partial charge in [-0.1, -0.05) is 6.07 Å². The average molecular weight is 274 g/mol. The lowest BCUT2D eigenvalue weighted by molar-refractivity contribution is 0.0933. The van der Waals surface area contributed by atoms with Gasteiger partial charge in [0.2, 0.25) is 0 Å². The zero-order chi connectivity index (χ0) is 8.55. The third-order valence-electron chi connectivity index (χ3n) is 1.84. The lowest BCUT2D eigenvalue weighted by Gasteiger charge is -2.16. The number of fused-ring (bicyclic) bond motifs is 1. The van der Waals surface area contributed by atoms with E-state index in [2.05, 4.69) is 22.6 Å². The highest BCUT2D eigenvalue weighted by Crippen LogP contribution is 2.29. The van der Waals surface area contributed by atoms with E-state index in [4.69, 9.17) is 4.74 Å². The smallest absolute Gasteiger partial charge is 0.170 e. The molecule has 2 rings (SSSR count). The molecule has 0 saturated heterocycles. The number of carbonyl (C=O) groups excluding carboxylic acids is 1. The Balaban J connectivity index is 2.59. The van der Waals surface area contributed by atoms with E-state index in [1.165, 1.54) is 0 Å². The third kappa shape index (κ3) is 1.22. The SMILES string of the molecule is O=C1CCOc2c(I)cccc21. The molecule has 0 aliphatic carbocycles. The predicted octanol–water partition coefficient (Wildman–Crippen LogP) is 2.26. The average Bonchev–Trinajstić information content (AvgIpc) is 2.07. The molecule has 0 aromatic heterocycles. The van der Waals surface area contributed by atoms with E-state index in [0.29, 0.717) is 13.0 Å². The maximum atomic E-state index is 11.4. The Bertz CT molecular complexity index is 333. The van der Waals surface area contributed by atoms with Crippen molar-refractivity contribution in [3.05, 3.63) is 27.3 Å². The van der Waals surface area contributed by atoms with Crippen LogP contribution in [-0.2, 0) is 0 Å². The van der Waals surface area contributed by atoms with Crippen LogP contribution in [0.2, 0.25) is 0 Å². The Morgan fingerprint density at radius 2 is 2.25 bits per heavy atom. The van der Waals surface area contributed by atoms with Crippen LogP contribution in [0.5, 0.6) is 5.75 Å². The van der Waals surface area contributed by atoms with Gasteiger partial charge in [-0.2, -0.15) is 0 Å². The molecule has 2 nitrogen and oxygen atoms in total. The highest BCUT2D eigenvalue weighted by atomic mass is 127. The lowest BCUT2D eigenvalue weighted by atomic mass is 10.1. The fourth-order valence-electron chi connectivity index (χ4n) is 1.26. The molecule has 1 aromatic carbocycles. The van der Waals surface area contributed by atoms with Crippen LogP contribution in [0.15, 0.2) is 18.2 Å². The summed E-state index contributed by atoms with van der Waals surface area (Å²) < 4.78 is 6.41. The first kappa shape index (κ1) is 8.04. The van der Waals surface area contributed by atoms with Gasteiger partial charge in [-0.05, 0) is 34.7 Å². The van der Waals surface area contributed by atoms with Gasteiger partial charge in [-0.3, -0.25) is 4.79 Å². The number of para-hydroxylation sites is 1. The zero-order valence-corrected chi connectivity index (χ0v) is 8.50. The standard InChI is InChI=1S/C9H7IO2/c10-7-3-1-2-6-8(11)4-5-12-9(6)7/h1-3H,4-5H2. The van der Waals surface area contributed by atoms with Crippen LogP contribution < -0.4 is 4.74 Å². The van der Waals surface area contributed by atoms with E-state index in [9.17, 15) is 4.79 Å². The Morgan fingerprint density at radius 3 is 3.00 bits per heavy atom. The van der Waals surface area contributed by atoms with Gasteiger partial charge in [0.25, 0.3) is 0 Å². The lowest BCUT2D eigenvalue weighted by Crippen LogP contribution is -2.15. The van der Waals surface area contributed by atoms with Gasteiger partial charge in [-0.15, -0.1) is 0 Å². The summed E-state index contributed by atoms with van der Waals surface area (Å²) in [4.78, 5) is 11.4. The molecule has 1 heterocycles. The molecule has 0 spiro atoms. The van der Waals surface area contributed by atoms with Crippen molar-refractivity contribution in [2.75, 3.05) is 6.61 Å². The Labute approximate surface area is 84.1 Å². The minimum absolute atomic E-state index is 0.190. The Hall–Kier alpha value is -0.580. The molecule has 0 bridgehead atoms. The third-order valence-corrected chi connectivity index (χ3v) is 2.69. The molecule has 1 aromatic rings. The van der Waals surface area contributed by atoms with Crippen molar-refractivity contribution < 1.29 is 9.53 Å². The number of hydrogen-bond acceptors (Lipinski definition) is 2. The molecule has 0 unspecified atom stereocenters. The van der Waals surface area contributed by atoms with Crippen molar-refractivity contribution in [3.8, 4) is 5.75 Å². The summed E-state index contributed by atoms with van der Waals surface area (Å²) in [6.45, 7) is 0.520. The van der Waals surface area contributed by atoms with Crippen molar-refractivity contribution in [2.45, 2.75) is 6.42 Å². The van der Waals surface area contributed by atoms with E-state index in [1.807, 2.05) is 18.2 Å². The first-order valence-corrected chi connectivity index (χ1v) is 4.81. The molecule has 1 aliphatic rings. The van der Waals surface area contributed by atoms with E-state index in [0.717, 1.165) is 14.9 Å². The molecular formula is C9H7IO2. The molecule has 0 N–H and O–H groups in total. The summed E-state index contributed by atoms with van der Waals surface area (Å²) >= 11 is 2.18. The predicted molar refractivity (Wildman–Crippen MR) is 53.6 cm³/mol. The number of halogens is 1. The second kappa shape index (κ2) is 3.05. The fraction of sp³-hybridized carbons (Fsp3) is 0.222. The molecule has 12 heavy (non-hydrogen) atoms. The number of benzene rings is 1. The van der Waals surface area contributed by atoms with E-state index in [-0.39, 0.29) is 5.78 Å². The monoisotopic (exact) mass is 274 g/mol. The summed E-state index contributed by atoms with van der Waals surface area (Å²) in [5, 5.41) is 0. The zero-order valence-electron chi connectivity index (χ0n) is 6.34. The minimum Gasteiger partial charge on any atom is -0.491 e. The number of ether oxygens (including phenoxy) is 1. The quantitative estimate of drug-likeness (QED) is 0.678. The highest BCUT2D eigenvalue weighted by Gasteiger charge is 2.19. The number of Topliss-reactive ketones (excluding diaryl/α,β-unsaturated/α-hetero) is 1. The van der Waals surface area contributed by atoms with Crippen molar-refractivity contribution in [1.82, 2.24) is 0 Å². The van der Waals surface area contributed by atoms with Gasteiger partial charge < -0.3 is 4.74 Å². The van der Waals surface area contributed by atoms with Gasteiger partial charge >= 0.3 is 0 Å². The second-order valence-electron chi connectivity index (χ2n) is 2.64. The molecule has 0 fully saturated rings. The van der Waals surface area contributed by atoms with Crippen LogP contribution in [0, 0.1) is 3.57 Å². The molecule has 62 valence electrons. The molecule has 0 atom stereocenters. The van der Waals surface area contributed by atoms with Crippen molar-refractivity contribution >= 4 is 28.4 Å². The van der Waals surface area contributed by atoms with Gasteiger partial charge in [0.05, 0.1) is 15.7 Å².